The van der Waals surface area contributed by atoms with Gasteiger partial charge >= 0.3 is 17.9 Å². The molecular weight excluding hydrogens is 420 g/mol. The number of methoxy groups -OCH3 is 2. The van der Waals surface area contributed by atoms with Crippen molar-refractivity contribution in [1.82, 2.24) is 0 Å². The third-order valence-corrected chi connectivity index (χ3v) is 4.10. The van der Waals surface area contributed by atoms with Crippen LogP contribution < -0.4 is 18.9 Å². The molecule has 0 saturated heterocycles. The summed E-state index contributed by atoms with van der Waals surface area (Å²) in [6.45, 7) is 6.48. The summed E-state index contributed by atoms with van der Waals surface area (Å²) in [7, 11) is 2.40. The fourth-order valence-electron chi connectivity index (χ4n) is 2.80. The van der Waals surface area contributed by atoms with Crippen LogP contribution in [0, 0.1) is 0 Å². The standard InChI is InChI=1S/C23H26O9/c1-6-29-18-12-16(13-19(30-7-2)20(18)31-8-3)23(26)32-17-10-14(21(24)27-4)9-15(11-17)22(25)28-5/h9-13H,6-8H2,1-5H3. The van der Waals surface area contributed by atoms with Crippen LogP contribution >= 0.6 is 0 Å². The zero-order chi connectivity index (χ0) is 23.7. The van der Waals surface area contributed by atoms with Crippen LogP contribution in [0.15, 0.2) is 30.3 Å². The number of esters is 3. The zero-order valence-corrected chi connectivity index (χ0v) is 18.7. The quantitative estimate of drug-likeness (QED) is 0.399. The predicted octanol–water partition coefficient (Wildman–Crippen LogP) is 3.68. The van der Waals surface area contributed by atoms with Crippen molar-refractivity contribution >= 4 is 17.9 Å². The molecule has 0 spiro atoms. The summed E-state index contributed by atoms with van der Waals surface area (Å²) in [5, 5.41) is 0. The Balaban J connectivity index is 2.47. The number of hydrogen-bond acceptors (Lipinski definition) is 9. The summed E-state index contributed by atoms with van der Waals surface area (Å²) < 4.78 is 31.7. The third-order valence-electron chi connectivity index (χ3n) is 4.10. The summed E-state index contributed by atoms with van der Waals surface area (Å²) in [5.74, 6) is -1.17. The molecule has 2 rings (SSSR count). The van der Waals surface area contributed by atoms with E-state index in [4.69, 9.17) is 28.4 Å². The Bertz CT molecular complexity index is 920. The Morgan fingerprint density at radius 1 is 0.625 bits per heavy atom. The lowest BCUT2D eigenvalue weighted by molar-refractivity contribution is 0.0593. The lowest BCUT2D eigenvalue weighted by atomic mass is 10.1. The smallest absolute Gasteiger partial charge is 0.343 e. The van der Waals surface area contributed by atoms with Gasteiger partial charge in [-0.2, -0.15) is 0 Å². The highest BCUT2D eigenvalue weighted by Gasteiger charge is 2.21. The van der Waals surface area contributed by atoms with Gasteiger partial charge in [-0.05, 0) is 51.1 Å². The lowest BCUT2D eigenvalue weighted by Crippen LogP contribution is -2.13. The molecule has 0 aliphatic rings. The highest BCUT2D eigenvalue weighted by Crippen LogP contribution is 2.39. The molecular formula is C23H26O9. The molecule has 0 aliphatic heterocycles. The molecule has 9 heteroatoms. The predicted molar refractivity (Wildman–Crippen MR) is 114 cm³/mol. The fourth-order valence-corrected chi connectivity index (χ4v) is 2.80. The second kappa shape index (κ2) is 11.6. The van der Waals surface area contributed by atoms with Crippen LogP contribution in [0.5, 0.6) is 23.0 Å². The number of carbonyl (C=O) groups excluding carboxylic acids is 3. The van der Waals surface area contributed by atoms with Gasteiger partial charge < -0.3 is 28.4 Å². The van der Waals surface area contributed by atoms with E-state index >= 15 is 0 Å². The van der Waals surface area contributed by atoms with E-state index in [0.717, 1.165) is 0 Å². The monoisotopic (exact) mass is 446 g/mol. The molecule has 2 aromatic carbocycles. The first-order valence-corrected chi connectivity index (χ1v) is 9.98. The number of benzene rings is 2. The fraction of sp³-hybridized carbons (Fsp3) is 0.348. The van der Waals surface area contributed by atoms with Crippen LogP contribution in [0.1, 0.15) is 51.8 Å². The summed E-state index contributed by atoms with van der Waals surface area (Å²) in [5.41, 5.74) is 0.174. The van der Waals surface area contributed by atoms with Gasteiger partial charge in [0.25, 0.3) is 0 Å². The number of ether oxygens (including phenoxy) is 6. The molecule has 172 valence electrons. The van der Waals surface area contributed by atoms with Crippen LogP contribution in [-0.2, 0) is 9.47 Å². The second-order valence-corrected chi connectivity index (χ2v) is 6.22. The van der Waals surface area contributed by atoms with Crippen molar-refractivity contribution in [3.8, 4) is 23.0 Å². The van der Waals surface area contributed by atoms with Crippen molar-refractivity contribution in [3.05, 3.63) is 47.0 Å². The van der Waals surface area contributed by atoms with E-state index in [0.29, 0.717) is 37.1 Å². The maximum absolute atomic E-state index is 12.9. The molecule has 0 fully saturated rings. The SMILES string of the molecule is CCOc1cc(C(=O)Oc2cc(C(=O)OC)cc(C(=O)OC)c2)cc(OCC)c1OCC. The highest BCUT2D eigenvalue weighted by atomic mass is 16.6. The van der Waals surface area contributed by atoms with Gasteiger partial charge in [-0.25, -0.2) is 14.4 Å². The van der Waals surface area contributed by atoms with Crippen LogP contribution in [0.2, 0.25) is 0 Å². The topological polar surface area (TPSA) is 107 Å². The van der Waals surface area contributed by atoms with Crippen molar-refractivity contribution in [2.24, 2.45) is 0 Å². The number of rotatable bonds is 10. The number of hydrogen-bond donors (Lipinski definition) is 0. The van der Waals surface area contributed by atoms with Crippen LogP contribution in [0.4, 0.5) is 0 Å². The normalized spacial score (nSPS) is 10.2. The molecule has 0 saturated carbocycles. The van der Waals surface area contributed by atoms with Gasteiger partial charge in [0, 0.05) is 0 Å². The first-order chi connectivity index (χ1) is 15.4. The van der Waals surface area contributed by atoms with E-state index in [1.54, 1.807) is 13.8 Å². The Morgan fingerprint density at radius 2 is 1.06 bits per heavy atom. The summed E-state index contributed by atoms with van der Waals surface area (Å²) in [6.07, 6.45) is 0. The zero-order valence-electron chi connectivity index (χ0n) is 18.7. The Morgan fingerprint density at radius 3 is 1.47 bits per heavy atom. The minimum Gasteiger partial charge on any atom is -0.490 e. The molecule has 0 atom stereocenters. The number of carbonyl (C=O) groups is 3. The summed E-state index contributed by atoms with van der Waals surface area (Å²) in [6, 6.07) is 6.82. The van der Waals surface area contributed by atoms with E-state index in [2.05, 4.69) is 0 Å². The Hall–Kier alpha value is -3.75. The van der Waals surface area contributed by atoms with Crippen molar-refractivity contribution in [3.63, 3.8) is 0 Å². The van der Waals surface area contributed by atoms with Crippen LogP contribution in [0.25, 0.3) is 0 Å². The molecule has 0 N–H and O–H groups in total. The maximum atomic E-state index is 12.9. The molecule has 0 aliphatic carbocycles. The van der Waals surface area contributed by atoms with Gasteiger partial charge in [0.05, 0.1) is 50.7 Å². The van der Waals surface area contributed by atoms with E-state index in [-0.39, 0.29) is 22.4 Å². The average molecular weight is 446 g/mol. The second-order valence-electron chi connectivity index (χ2n) is 6.22. The first-order valence-electron chi connectivity index (χ1n) is 9.98. The van der Waals surface area contributed by atoms with Gasteiger partial charge in [-0.15, -0.1) is 0 Å². The van der Waals surface area contributed by atoms with E-state index in [1.807, 2.05) is 6.92 Å². The molecule has 0 radical (unpaired) electrons. The lowest BCUT2D eigenvalue weighted by Gasteiger charge is -2.17. The van der Waals surface area contributed by atoms with Crippen molar-refractivity contribution < 1.29 is 42.8 Å². The molecule has 0 aromatic heterocycles. The average Bonchev–Trinajstić information content (AvgIpc) is 2.79. The van der Waals surface area contributed by atoms with Crippen LogP contribution in [-0.4, -0.2) is 51.9 Å². The Kier molecular flexibility index (Phi) is 8.88. The molecule has 2 aromatic rings. The van der Waals surface area contributed by atoms with Gasteiger partial charge in [0.15, 0.2) is 11.5 Å². The summed E-state index contributed by atoms with van der Waals surface area (Å²) >= 11 is 0. The third kappa shape index (κ3) is 5.90. The van der Waals surface area contributed by atoms with Gasteiger partial charge in [-0.1, -0.05) is 0 Å². The van der Waals surface area contributed by atoms with E-state index in [9.17, 15) is 14.4 Å². The minimum absolute atomic E-state index is 0.0231. The van der Waals surface area contributed by atoms with Crippen molar-refractivity contribution in [2.75, 3.05) is 34.0 Å². The molecule has 9 nitrogen and oxygen atoms in total. The van der Waals surface area contributed by atoms with Gasteiger partial charge in [0.1, 0.15) is 5.75 Å². The first kappa shape index (κ1) is 24.5. The van der Waals surface area contributed by atoms with E-state index in [1.165, 1.54) is 44.6 Å². The van der Waals surface area contributed by atoms with Gasteiger partial charge in [0.2, 0.25) is 5.75 Å². The maximum Gasteiger partial charge on any atom is 0.343 e. The van der Waals surface area contributed by atoms with Gasteiger partial charge in [-0.3, -0.25) is 0 Å². The Labute approximate surface area is 186 Å². The molecule has 0 unspecified atom stereocenters. The molecule has 0 bridgehead atoms. The molecule has 0 heterocycles. The highest BCUT2D eigenvalue weighted by molar-refractivity contribution is 5.97. The molecule has 0 amide bonds. The van der Waals surface area contributed by atoms with Crippen molar-refractivity contribution in [1.29, 1.82) is 0 Å². The molecule has 32 heavy (non-hydrogen) atoms. The van der Waals surface area contributed by atoms with E-state index < -0.39 is 17.9 Å². The minimum atomic E-state index is -0.757. The van der Waals surface area contributed by atoms with Crippen molar-refractivity contribution in [2.45, 2.75) is 20.8 Å². The largest absolute Gasteiger partial charge is 0.490 e. The van der Waals surface area contributed by atoms with Crippen LogP contribution in [0.3, 0.4) is 0 Å². The summed E-state index contributed by atoms with van der Waals surface area (Å²) in [4.78, 5) is 36.8.